The summed E-state index contributed by atoms with van der Waals surface area (Å²) in [4.78, 5) is 15.5. The molecule has 0 spiro atoms. The highest BCUT2D eigenvalue weighted by Crippen LogP contribution is 2.25. The number of hydrogen-bond acceptors (Lipinski definition) is 3. The Labute approximate surface area is 176 Å². The monoisotopic (exact) mass is 406 g/mol. The van der Waals surface area contributed by atoms with Crippen molar-refractivity contribution in [1.29, 1.82) is 0 Å². The molecule has 1 aromatic heterocycles. The van der Waals surface area contributed by atoms with Crippen LogP contribution >= 0.6 is 0 Å². The molecule has 0 bridgehead atoms. The first-order valence-electron chi connectivity index (χ1n) is 10.6. The lowest BCUT2D eigenvalue weighted by Gasteiger charge is -2.28. The third-order valence-corrected chi connectivity index (χ3v) is 5.74. The van der Waals surface area contributed by atoms with Crippen molar-refractivity contribution in [2.75, 3.05) is 19.6 Å². The maximum absolute atomic E-state index is 13.3. The first-order valence-corrected chi connectivity index (χ1v) is 10.6. The Morgan fingerprint density at radius 1 is 1.10 bits per heavy atom. The first-order chi connectivity index (χ1) is 14.7. The van der Waals surface area contributed by atoms with Crippen LogP contribution in [0.15, 0.2) is 60.8 Å². The molecule has 1 unspecified atom stereocenters. The summed E-state index contributed by atoms with van der Waals surface area (Å²) in [6.45, 7) is 4.65. The minimum Gasteiger partial charge on any atom is -0.350 e. The third-order valence-electron chi connectivity index (χ3n) is 5.74. The van der Waals surface area contributed by atoms with Gasteiger partial charge in [-0.15, -0.1) is 0 Å². The van der Waals surface area contributed by atoms with Crippen molar-refractivity contribution in [1.82, 2.24) is 20.0 Å². The highest BCUT2D eigenvalue weighted by atomic mass is 19.1. The van der Waals surface area contributed by atoms with Crippen LogP contribution in [0.3, 0.4) is 0 Å². The van der Waals surface area contributed by atoms with Gasteiger partial charge < -0.3 is 5.32 Å². The average molecular weight is 407 g/mol. The molecule has 1 N–H and O–H groups in total. The molecule has 6 heteroatoms. The molecular weight excluding hydrogens is 379 g/mol. The smallest absolute Gasteiger partial charge is 0.254 e. The van der Waals surface area contributed by atoms with Gasteiger partial charge in [0.05, 0.1) is 29.2 Å². The highest BCUT2D eigenvalue weighted by Gasteiger charge is 2.25. The zero-order valence-electron chi connectivity index (χ0n) is 17.2. The summed E-state index contributed by atoms with van der Waals surface area (Å²) in [7, 11) is 0. The molecule has 30 heavy (non-hydrogen) atoms. The largest absolute Gasteiger partial charge is 0.350 e. The lowest BCUT2D eigenvalue weighted by atomic mass is 10.1. The van der Waals surface area contributed by atoms with Crippen LogP contribution in [-0.4, -0.2) is 40.2 Å². The number of carbonyl (C=O) groups excluding carboxylic acids is 1. The number of likely N-dealkylation sites (tertiary alicyclic amines) is 1. The van der Waals surface area contributed by atoms with E-state index >= 15 is 0 Å². The number of aromatic nitrogens is 2. The van der Waals surface area contributed by atoms with Gasteiger partial charge >= 0.3 is 0 Å². The maximum Gasteiger partial charge on any atom is 0.254 e. The second kappa shape index (κ2) is 9.22. The van der Waals surface area contributed by atoms with E-state index in [0.717, 1.165) is 24.5 Å². The highest BCUT2D eigenvalue weighted by molar-refractivity contribution is 5.95. The Bertz CT molecular complexity index is 978. The maximum atomic E-state index is 13.3. The predicted molar refractivity (Wildman–Crippen MR) is 115 cm³/mol. The van der Waals surface area contributed by atoms with Crippen LogP contribution in [0.4, 0.5) is 4.39 Å². The van der Waals surface area contributed by atoms with Crippen molar-refractivity contribution < 1.29 is 9.18 Å². The van der Waals surface area contributed by atoms with Gasteiger partial charge in [0.2, 0.25) is 0 Å². The molecule has 156 valence electrons. The van der Waals surface area contributed by atoms with Gasteiger partial charge in [-0.2, -0.15) is 5.10 Å². The van der Waals surface area contributed by atoms with Crippen molar-refractivity contribution in [3.63, 3.8) is 0 Å². The van der Waals surface area contributed by atoms with E-state index in [0.29, 0.717) is 18.5 Å². The van der Waals surface area contributed by atoms with Crippen LogP contribution in [-0.2, 0) is 6.42 Å². The van der Waals surface area contributed by atoms with Crippen LogP contribution in [0.5, 0.6) is 0 Å². The molecular formula is C24H27FN4O. The lowest BCUT2D eigenvalue weighted by Crippen LogP contribution is -2.37. The second-order valence-corrected chi connectivity index (χ2v) is 7.63. The molecule has 5 nitrogen and oxygen atoms in total. The van der Waals surface area contributed by atoms with E-state index in [-0.39, 0.29) is 17.8 Å². The lowest BCUT2D eigenvalue weighted by molar-refractivity contribution is 0.0937. The van der Waals surface area contributed by atoms with E-state index in [9.17, 15) is 9.18 Å². The van der Waals surface area contributed by atoms with Crippen molar-refractivity contribution in [2.24, 2.45) is 0 Å². The van der Waals surface area contributed by atoms with E-state index in [2.05, 4.69) is 27.4 Å². The molecule has 1 amide bonds. The standard InChI is InChI=1S/C24H27FN4O/c1-2-22-21(16-27-29(22)20-12-10-19(25)11-13-20)24(30)26-17-23(28-14-6-7-15-28)18-8-4-3-5-9-18/h3-5,8-13,16,23H,2,6-7,14-15,17H2,1H3,(H,26,30). The van der Waals surface area contributed by atoms with Crippen LogP contribution in [0.1, 0.15) is 47.4 Å². The topological polar surface area (TPSA) is 50.2 Å². The second-order valence-electron chi connectivity index (χ2n) is 7.63. The van der Waals surface area contributed by atoms with Crippen molar-refractivity contribution in [3.8, 4) is 5.69 Å². The van der Waals surface area contributed by atoms with Crippen LogP contribution in [0, 0.1) is 5.82 Å². The number of carbonyl (C=O) groups is 1. The molecule has 1 aliphatic heterocycles. The Kier molecular flexibility index (Phi) is 6.23. The van der Waals surface area contributed by atoms with Crippen molar-refractivity contribution in [2.45, 2.75) is 32.2 Å². The molecule has 3 aromatic rings. The molecule has 1 atom stereocenters. The predicted octanol–water partition coefficient (Wildman–Crippen LogP) is 4.14. The summed E-state index contributed by atoms with van der Waals surface area (Å²) in [5.74, 6) is -0.420. The molecule has 2 heterocycles. The van der Waals surface area contributed by atoms with E-state index in [4.69, 9.17) is 0 Å². The van der Waals surface area contributed by atoms with Gasteiger partial charge in [0.15, 0.2) is 0 Å². The quantitative estimate of drug-likeness (QED) is 0.642. The average Bonchev–Trinajstić information content (AvgIpc) is 3.45. The summed E-state index contributed by atoms with van der Waals surface area (Å²) >= 11 is 0. The summed E-state index contributed by atoms with van der Waals surface area (Å²) < 4.78 is 15.0. The summed E-state index contributed by atoms with van der Waals surface area (Å²) in [5.41, 5.74) is 3.34. The van der Waals surface area contributed by atoms with E-state index < -0.39 is 0 Å². The van der Waals surface area contributed by atoms with Crippen LogP contribution in [0.25, 0.3) is 5.69 Å². The number of rotatable bonds is 7. The van der Waals surface area contributed by atoms with Crippen LogP contribution in [0.2, 0.25) is 0 Å². The summed E-state index contributed by atoms with van der Waals surface area (Å²) in [6.07, 6.45) is 4.64. The number of benzene rings is 2. The number of nitrogens with one attached hydrogen (secondary N) is 1. The fourth-order valence-electron chi connectivity index (χ4n) is 4.18. The Hall–Kier alpha value is -2.99. The minimum atomic E-state index is -0.296. The molecule has 2 aromatic carbocycles. The van der Waals surface area contributed by atoms with E-state index in [1.165, 1.54) is 30.5 Å². The van der Waals surface area contributed by atoms with Gasteiger partial charge in [0, 0.05) is 6.54 Å². The van der Waals surface area contributed by atoms with Crippen molar-refractivity contribution >= 4 is 5.91 Å². The number of nitrogens with zero attached hydrogens (tertiary/aromatic N) is 3. The molecule has 4 rings (SSSR count). The van der Waals surface area contributed by atoms with Crippen LogP contribution < -0.4 is 5.32 Å². The Balaban J connectivity index is 1.52. The van der Waals surface area contributed by atoms with Crippen molar-refractivity contribution in [3.05, 3.63) is 83.4 Å². The molecule has 1 fully saturated rings. The third kappa shape index (κ3) is 4.28. The van der Waals surface area contributed by atoms with Gasteiger partial charge in [0.1, 0.15) is 5.82 Å². The fourth-order valence-corrected chi connectivity index (χ4v) is 4.18. The molecule has 1 saturated heterocycles. The normalized spacial score (nSPS) is 15.3. The van der Waals surface area contributed by atoms with Gasteiger partial charge in [-0.1, -0.05) is 37.3 Å². The first kappa shape index (κ1) is 20.3. The molecule has 1 aliphatic rings. The zero-order valence-corrected chi connectivity index (χ0v) is 17.2. The summed E-state index contributed by atoms with van der Waals surface area (Å²) in [5, 5.41) is 7.52. The number of halogens is 1. The Morgan fingerprint density at radius 2 is 1.80 bits per heavy atom. The Morgan fingerprint density at radius 3 is 2.47 bits per heavy atom. The van der Waals surface area contributed by atoms with E-state index in [1.54, 1.807) is 23.0 Å². The number of amides is 1. The minimum absolute atomic E-state index is 0.125. The zero-order chi connectivity index (χ0) is 20.9. The van der Waals surface area contributed by atoms with Gasteiger partial charge in [-0.25, -0.2) is 9.07 Å². The SMILES string of the molecule is CCc1c(C(=O)NCC(c2ccccc2)N2CCCC2)cnn1-c1ccc(F)cc1. The fraction of sp³-hybridized carbons (Fsp3) is 0.333. The molecule has 0 saturated carbocycles. The van der Waals surface area contributed by atoms with Gasteiger partial charge in [-0.05, 0) is 62.2 Å². The summed E-state index contributed by atoms with van der Waals surface area (Å²) in [6, 6.07) is 16.6. The molecule has 0 aliphatic carbocycles. The number of hydrogen-bond donors (Lipinski definition) is 1. The van der Waals surface area contributed by atoms with Gasteiger partial charge in [-0.3, -0.25) is 9.69 Å². The van der Waals surface area contributed by atoms with E-state index in [1.807, 2.05) is 25.1 Å². The van der Waals surface area contributed by atoms with Gasteiger partial charge in [0.25, 0.3) is 5.91 Å². The molecule has 0 radical (unpaired) electrons.